The zero-order valence-electron chi connectivity index (χ0n) is 8.84. The van der Waals surface area contributed by atoms with Crippen molar-refractivity contribution in [3.8, 4) is 0 Å². The molecule has 2 heterocycles. The van der Waals surface area contributed by atoms with E-state index in [0.29, 0.717) is 5.92 Å². The van der Waals surface area contributed by atoms with E-state index < -0.39 is 0 Å². The van der Waals surface area contributed by atoms with Crippen molar-refractivity contribution in [2.75, 3.05) is 0 Å². The van der Waals surface area contributed by atoms with Crippen LogP contribution in [0.2, 0.25) is 0 Å². The summed E-state index contributed by atoms with van der Waals surface area (Å²) >= 11 is 0. The van der Waals surface area contributed by atoms with E-state index in [4.69, 9.17) is 0 Å². The zero-order chi connectivity index (χ0) is 11.0. The third-order valence-corrected chi connectivity index (χ3v) is 3.08. The fourth-order valence-electron chi connectivity index (χ4n) is 2.27. The summed E-state index contributed by atoms with van der Waals surface area (Å²) in [7, 11) is 0. The summed E-state index contributed by atoms with van der Waals surface area (Å²) in [5, 5.41) is 0. The van der Waals surface area contributed by atoms with Gasteiger partial charge in [-0.15, -0.1) is 0 Å². The van der Waals surface area contributed by atoms with Gasteiger partial charge in [-0.05, 0) is 5.56 Å². The maximum absolute atomic E-state index is 11.1. The van der Waals surface area contributed by atoms with Gasteiger partial charge in [0.05, 0.1) is 0 Å². The largest absolute Gasteiger partial charge is 0.336 e. The van der Waals surface area contributed by atoms with Gasteiger partial charge in [-0.2, -0.15) is 4.98 Å². The van der Waals surface area contributed by atoms with Gasteiger partial charge in [-0.3, -0.25) is 4.79 Å². The maximum atomic E-state index is 11.1. The molecule has 3 heteroatoms. The molecule has 0 fully saturated rings. The van der Waals surface area contributed by atoms with Crippen molar-refractivity contribution in [2.45, 2.75) is 18.9 Å². The fourth-order valence-corrected chi connectivity index (χ4v) is 2.27. The molecule has 2 aromatic rings. The summed E-state index contributed by atoms with van der Waals surface area (Å²) in [6, 6.07) is 11.9. The molecule has 3 nitrogen and oxygen atoms in total. The Balaban J connectivity index is 1.94. The lowest BCUT2D eigenvalue weighted by Gasteiger charge is -2.07. The fraction of sp³-hybridized carbons (Fsp3) is 0.231. The highest BCUT2D eigenvalue weighted by Gasteiger charge is 2.22. The van der Waals surface area contributed by atoms with E-state index in [-0.39, 0.29) is 5.56 Å². The summed E-state index contributed by atoms with van der Waals surface area (Å²) in [6.45, 7) is 0.923. The first-order chi connectivity index (χ1) is 7.83. The van der Waals surface area contributed by atoms with E-state index in [9.17, 15) is 4.79 Å². The first-order valence-corrected chi connectivity index (χ1v) is 5.44. The predicted octanol–water partition coefficient (Wildman–Crippen LogP) is 1.58. The summed E-state index contributed by atoms with van der Waals surface area (Å²) in [4.78, 5) is 15.2. The van der Waals surface area contributed by atoms with E-state index in [1.165, 1.54) is 11.6 Å². The Hall–Kier alpha value is -1.90. The SMILES string of the molecule is O=c1ccn2c(n1)CC(c1ccccc1)C2. The molecule has 80 valence electrons. The van der Waals surface area contributed by atoms with Crippen LogP contribution in [-0.4, -0.2) is 9.55 Å². The zero-order valence-corrected chi connectivity index (χ0v) is 8.84. The Morgan fingerprint density at radius 1 is 1.19 bits per heavy atom. The van der Waals surface area contributed by atoms with Crippen LogP contribution in [0.1, 0.15) is 17.3 Å². The van der Waals surface area contributed by atoms with E-state index in [2.05, 4.69) is 33.8 Å². The van der Waals surface area contributed by atoms with Crippen molar-refractivity contribution in [3.63, 3.8) is 0 Å². The van der Waals surface area contributed by atoms with Gasteiger partial charge >= 0.3 is 0 Å². The van der Waals surface area contributed by atoms with Crippen molar-refractivity contribution >= 4 is 0 Å². The van der Waals surface area contributed by atoms with Crippen molar-refractivity contribution < 1.29 is 0 Å². The Labute approximate surface area is 93.4 Å². The number of aromatic nitrogens is 2. The molecule has 0 radical (unpaired) electrons. The minimum absolute atomic E-state index is 0.139. The second-order valence-electron chi connectivity index (χ2n) is 4.15. The predicted molar refractivity (Wildman–Crippen MR) is 61.4 cm³/mol. The van der Waals surface area contributed by atoms with Crippen LogP contribution in [0.4, 0.5) is 0 Å². The molecule has 1 aromatic carbocycles. The normalized spacial score (nSPS) is 18.4. The first-order valence-electron chi connectivity index (χ1n) is 5.44. The smallest absolute Gasteiger partial charge is 0.272 e. The van der Waals surface area contributed by atoms with Crippen LogP contribution in [-0.2, 0) is 13.0 Å². The number of benzene rings is 1. The first kappa shape index (κ1) is 9.33. The lowest BCUT2D eigenvalue weighted by molar-refractivity contribution is 0.650. The van der Waals surface area contributed by atoms with Gasteiger partial charge < -0.3 is 4.57 Å². The van der Waals surface area contributed by atoms with Crippen LogP contribution in [0.5, 0.6) is 0 Å². The molecule has 0 saturated heterocycles. The third-order valence-electron chi connectivity index (χ3n) is 3.08. The number of fused-ring (bicyclic) bond motifs is 1. The summed E-state index contributed by atoms with van der Waals surface area (Å²) < 4.78 is 2.07. The standard InChI is InChI=1S/C13H12N2O/c16-13-6-7-15-9-11(8-12(15)14-13)10-4-2-1-3-5-10/h1-7,11H,8-9H2. The Morgan fingerprint density at radius 3 is 2.81 bits per heavy atom. The minimum atomic E-state index is -0.139. The topological polar surface area (TPSA) is 34.9 Å². The van der Waals surface area contributed by atoms with Crippen molar-refractivity contribution in [3.05, 3.63) is 64.3 Å². The Morgan fingerprint density at radius 2 is 2.00 bits per heavy atom. The minimum Gasteiger partial charge on any atom is -0.336 e. The lowest BCUT2D eigenvalue weighted by Crippen LogP contribution is -2.10. The van der Waals surface area contributed by atoms with E-state index in [1.54, 1.807) is 0 Å². The van der Waals surface area contributed by atoms with Crippen molar-refractivity contribution in [2.24, 2.45) is 0 Å². The molecule has 0 bridgehead atoms. The molecule has 0 aliphatic carbocycles. The Bertz CT molecular complexity index is 560. The second-order valence-corrected chi connectivity index (χ2v) is 4.15. The van der Waals surface area contributed by atoms with Gasteiger partial charge in [0.25, 0.3) is 5.56 Å². The molecule has 0 saturated carbocycles. The molecule has 1 aliphatic heterocycles. The molecule has 0 N–H and O–H groups in total. The van der Waals surface area contributed by atoms with Crippen molar-refractivity contribution in [1.82, 2.24) is 9.55 Å². The highest BCUT2D eigenvalue weighted by Crippen LogP contribution is 2.27. The average molecular weight is 212 g/mol. The molecule has 3 rings (SSSR count). The van der Waals surface area contributed by atoms with E-state index >= 15 is 0 Å². The highest BCUT2D eigenvalue weighted by molar-refractivity contribution is 5.22. The van der Waals surface area contributed by atoms with E-state index in [1.807, 2.05) is 12.3 Å². The highest BCUT2D eigenvalue weighted by atomic mass is 16.1. The molecular formula is C13H12N2O. The van der Waals surface area contributed by atoms with Gasteiger partial charge in [-0.1, -0.05) is 30.3 Å². The summed E-state index contributed by atoms with van der Waals surface area (Å²) in [5.74, 6) is 1.36. The van der Waals surface area contributed by atoms with Crippen LogP contribution >= 0.6 is 0 Å². The molecule has 1 unspecified atom stereocenters. The molecule has 1 atom stereocenters. The van der Waals surface area contributed by atoms with Gasteiger partial charge in [0, 0.05) is 31.1 Å². The summed E-state index contributed by atoms with van der Waals surface area (Å²) in [5.41, 5.74) is 1.18. The molecule has 0 spiro atoms. The molecular weight excluding hydrogens is 200 g/mol. The number of hydrogen-bond donors (Lipinski definition) is 0. The van der Waals surface area contributed by atoms with Crippen LogP contribution in [0.25, 0.3) is 0 Å². The van der Waals surface area contributed by atoms with Gasteiger partial charge in [0.1, 0.15) is 5.82 Å². The van der Waals surface area contributed by atoms with Crippen molar-refractivity contribution in [1.29, 1.82) is 0 Å². The molecule has 16 heavy (non-hydrogen) atoms. The second kappa shape index (κ2) is 3.59. The van der Waals surface area contributed by atoms with Crippen LogP contribution in [0.15, 0.2) is 47.4 Å². The van der Waals surface area contributed by atoms with Crippen LogP contribution in [0.3, 0.4) is 0 Å². The third kappa shape index (κ3) is 1.54. The number of nitrogens with zero attached hydrogens (tertiary/aromatic N) is 2. The summed E-state index contributed by atoms with van der Waals surface area (Å²) in [6.07, 6.45) is 2.70. The van der Waals surface area contributed by atoms with Gasteiger partial charge in [-0.25, -0.2) is 0 Å². The van der Waals surface area contributed by atoms with Gasteiger partial charge in [0.15, 0.2) is 0 Å². The van der Waals surface area contributed by atoms with Crippen LogP contribution < -0.4 is 5.56 Å². The Kier molecular flexibility index (Phi) is 2.10. The number of rotatable bonds is 1. The molecule has 0 amide bonds. The van der Waals surface area contributed by atoms with E-state index in [0.717, 1.165) is 18.8 Å². The molecule has 1 aromatic heterocycles. The maximum Gasteiger partial charge on any atom is 0.272 e. The lowest BCUT2D eigenvalue weighted by atomic mass is 9.98. The average Bonchev–Trinajstić information content (AvgIpc) is 2.73. The monoisotopic (exact) mass is 212 g/mol. The quantitative estimate of drug-likeness (QED) is 0.719. The van der Waals surface area contributed by atoms with Gasteiger partial charge in [0.2, 0.25) is 0 Å². The molecule has 1 aliphatic rings. The number of hydrogen-bond acceptors (Lipinski definition) is 2. The van der Waals surface area contributed by atoms with Crippen LogP contribution in [0, 0.1) is 0 Å².